The summed E-state index contributed by atoms with van der Waals surface area (Å²) in [5, 5.41) is 1.40. The molecule has 0 spiro atoms. The van der Waals surface area contributed by atoms with E-state index in [1.54, 1.807) is 10.4 Å². The summed E-state index contributed by atoms with van der Waals surface area (Å²) in [5.41, 5.74) is 7.79. The average Bonchev–Trinajstić information content (AvgIpc) is 3.07. The van der Waals surface area contributed by atoms with Crippen molar-refractivity contribution < 1.29 is 0 Å². The van der Waals surface area contributed by atoms with Gasteiger partial charge in [-0.15, -0.1) is 11.3 Å². The van der Waals surface area contributed by atoms with Crippen LogP contribution < -0.4 is 0 Å². The lowest BCUT2D eigenvalue weighted by Crippen LogP contribution is -1.99. The van der Waals surface area contributed by atoms with Crippen LogP contribution in [0.2, 0.25) is 0 Å². The topological polar surface area (TPSA) is 12.9 Å². The van der Waals surface area contributed by atoms with Crippen molar-refractivity contribution in [3.8, 4) is 22.4 Å². The van der Waals surface area contributed by atoms with Gasteiger partial charge in [0, 0.05) is 15.8 Å². The first-order valence-corrected chi connectivity index (χ1v) is 10.2. The van der Waals surface area contributed by atoms with E-state index < -0.39 is 0 Å². The molecule has 0 saturated carbocycles. The van der Waals surface area contributed by atoms with Crippen molar-refractivity contribution in [1.82, 2.24) is 4.98 Å². The van der Waals surface area contributed by atoms with E-state index in [2.05, 4.69) is 67.6 Å². The minimum atomic E-state index is 1.09. The van der Waals surface area contributed by atoms with Gasteiger partial charge in [0.2, 0.25) is 0 Å². The molecule has 128 valence electrons. The lowest BCUT2D eigenvalue weighted by Gasteiger charge is -2.13. The molecule has 0 amide bonds. The molecule has 0 aliphatic heterocycles. The summed E-state index contributed by atoms with van der Waals surface area (Å²) in [6.45, 7) is 2.17. The third kappa shape index (κ3) is 2.57. The molecule has 1 aliphatic carbocycles. The van der Waals surface area contributed by atoms with Crippen LogP contribution in [0.1, 0.15) is 28.8 Å². The van der Waals surface area contributed by atoms with Crippen molar-refractivity contribution in [1.29, 1.82) is 0 Å². The monoisotopic (exact) mass is 355 g/mol. The van der Waals surface area contributed by atoms with Crippen LogP contribution in [0.25, 0.3) is 32.6 Å². The fourth-order valence-corrected chi connectivity index (χ4v) is 5.39. The zero-order valence-electron chi connectivity index (χ0n) is 15.0. The van der Waals surface area contributed by atoms with E-state index in [-0.39, 0.29) is 0 Å². The molecule has 5 rings (SSSR count). The summed E-state index contributed by atoms with van der Waals surface area (Å²) >= 11 is 1.91. The normalized spacial score (nSPS) is 13.7. The van der Waals surface area contributed by atoms with E-state index in [1.165, 1.54) is 58.2 Å². The number of hydrogen-bond donors (Lipinski definition) is 0. The molecular formula is C24H21NS. The molecule has 1 aliphatic rings. The lowest BCUT2D eigenvalue weighted by molar-refractivity contribution is 0.700. The van der Waals surface area contributed by atoms with Gasteiger partial charge in [-0.3, -0.25) is 0 Å². The lowest BCUT2D eigenvalue weighted by atomic mass is 9.92. The Morgan fingerprint density at radius 2 is 1.62 bits per heavy atom. The van der Waals surface area contributed by atoms with Crippen molar-refractivity contribution in [3.63, 3.8) is 0 Å². The minimum Gasteiger partial charge on any atom is -0.237 e. The predicted octanol–water partition coefficient (Wildman–Crippen LogP) is 6.82. The van der Waals surface area contributed by atoms with Gasteiger partial charge in [0.1, 0.15) is 4.83 Å². The maximum absolute atomic E-state index is 5.12. The van der Waals surface area contributed by atoms with E-state index in [9.17, 15) is 0 Å². The first-order chi connectivity index (χ1) is 12.8. The Hall–Kier alpha value is -2.45. The number of benzene rings is 2. The Kier molecular flexibility index (Phi) is 3.86. The number of hydrogen-bond acceptors (Lipinski definition) is 2. The number of fused-ring (bicyclic) bond motifs is 3. The molecule has 26 heavy (non-hydrogen) atoms. The molecular weight excluding hydrogens is 334 g/mol. The summed E-state index contributed by atoms with van der Waals surface area (Å²) in [4.78, 5) is 7.87. The van der Waals surface area contributed by atoms with Gasteiger partial charge in [0.25, 0.3) is 0 Å². The summed E-state index contributed by atoms with van der Waals surface area (Å²) in [7, 11) is 0. The summed E-state index contributed by atoms with van der Waals surface area (Å²) in [5.74, 6) is 0. The van der Waals surface area contributed by atoms with Gasteiger partial charge < -0.3 is 0 Å². The number of thiophene rings is 1. The average molecular weight is 356 g/mol. The van der Waals surface area contributed by atoms with Gasteiger partial charge >= 0.3 is 0 Å². The zero-order chi connectivity index (χ0) is 17.5. The Balaban J connectivity index is 1.84. The van der Waals surface area contributed by atoms with Gasteiger partial charge in [0.05, 0.1) is 5.69 Å². The van der Waals surface area contributed by atoms with Crippen molar-refractivity contribution in [2.45, 2.75) is 32.6 Å². The van der Waals surface area contributed by atoms with Crippen molar-refractivity contribution >= 4 is 21.6 Å². The fraction of sp³-hybridized carbons (Fsp3) is 0.208. The zero-order valence-corrected chi connectivity index (χ0v) is 15.8. The molecule has 2 aromatic carbocycles. The summed E-state index contributed by atoms with van der Waals surface area (Å²) < 4.78 is 0. The molecule has 0 bridgehead atoms. The fourth-order valence-electron chi connectivity index (χ4n) is 4.10. The molecule has 0 radical (unpaired) electrons. The second kappa shape index (κ2) is 6.37. The summed E-state index contributed by atoms with van der Waals surface area (Å²) in [6, 6.07) is 21.7. The quantitative estimate of drug-likeness (QED) is 0.384. The maximum Gasteiger partial charge on any atom is 0.125 e. The van der Waals surface area contributed by atoms with Gasteiger partial charge in [-0.05, 0) is 60.9 Å². The first-order valence-electron chi connectivity index (χ1n) is 9.38. The molecule has 0 unspecified atom stereocenters. The standard InChI is InChI=1S/C24H21NS/c1-16-9-5-6-12-18(16)21-15-20(17-10-3-2-4-11-17)23-19-13-7-8-14-22(19)26-24(23)25-21/h2-6,9-12,15H,7-8,13-14H2,1H3. The van der Waals surface area contributed by atoms with Crippen LogP contribution >= 0.6 is 11.3 Å². The highest BCUT2D eigenvalue weighted by Crippen LogP contribution is 2.42. The van der Waals surface area contributed by atoms with Crippen molar-refractivity contribution in [2.75, 3.05) is 0 Å². The number of pyridine rings is 1. The number of aromatic nitrogens is 1. The molecule has 0 atom stereocenters. The minimum absolute atomic E-state index is 1.09. The predicted molar refractivity (Wildman–Crippen MR) is 112 cm³/mol. The van der Waals surface area contributed by atoms with Crippen LogP contribution in [-0.4, -0.2) is 4.98 Å². The van der Waals surface area contributed by atoms with Gasteiger partial charge in [0.15, 0.2) is 0 Å². The molecule has 4 aromatic rings. The Bertz CT molecular complexity index is 1090. The Morgan fingerprint density at radius 3 is 2.46 bits per heavy atom. The van der Waals surface area contributed by atoms with Crippen LogP contribution in [0.15, 0.2) is 60.7 Å². The summed E-state index contributed by atoms with van der Waals surface area (Å²) in [6.07, 6.45) is 5.02. The second-order valence-corrected chi connectivity index (χ2v) is 8.21. The molecule has 0 N–H and O–H groups in total. The third-order valence-electron chi connectivity index (χ3n) is 5.43. The maximum atomic E-state index is 5.12. The second-order valence-electron chi connectivity index (χ2n) is 7.13. The van der Waals surface area contributed by atoms with E-state index in [4.69, 9.17) is 4.98 Å². The molecule has 0 fully saturated rings. The third-order valence-corrected chi connectivity index (χ3v) is 6.62. The highest BCUT2D eigenvalue weighted by molar-refractivity contribution is 7.19. The first kappa shape index (κ1) is 15.8. The van der Waals surface area contributed by atoms with Crippen LogP contribution in [-0.2, 0) is 12.8 Å². The van der Waals surface area contributed by atoms with Gasteiger partial charge in [-0.25, -0.2) is 4.98 Å². The van der Waals surface area contributed by atoms with Crippen molar-refractivity contribution in [3.05, 3.63) is 76.7 Å². The van der Waals surface area contributed by atoms with Gasteiger partial charge in [-0.2, -0.15) is 0 Å². The van der Waals surface area contributed by atoms with Crippen LogP contribution in [0.4, 0.5) is 0 Å². The number of rotatable bonds is 2. The molecule has 2 aromatic heterocycles. The molecule has 1 nitrogen and oxygen atoms in total. The highest BCUT2D eigenvalue weighted by Gasteiger charge is 2.21. The number of aryl methyl sites for hydroxylation is 3. The smallest absolute Gasteiger partial charge is 0.125 e. The highest BCUT2D eigenvalue weighted by atomic mass is 32.1. The Labute approximate surface area is 158 Å². The van der Waals surface area contributed by atoms with E-state index in [0.717, 1.165) is 5.69 Å². The van der Waals surface area contributed by atoms with E-state index >= 15 is 0 Å². The molecule has 2 heterocycles. The van der Waals surface area contributed by atoms with Crippen LogP contribution in [0.5, 0.6) is 0 Å². The Morgan fingerprint density at radius 1 is 0.846 bits per heavy atom. The van der Waals surface area contributed by atoms with Crippen LogP contribution in [0, 0.1) is 6.92 Å². The largest absolute Gasteiger partial charge is 0.237 e. The van der Waals surface area contributed by atoms with Gasteiger partial charge in [-0.1, -0.05) is 54.6 Å². The molecule has 2 heteroatoms. The molecule has 0 saturated heterocycles. The number of nitrogens with zero attached hydrogens (tertiary/aromatic N) is 1. The van der Waals surface area contributed by atoms with Crippen molar-refractivity contribution in [2.24, 2.45) is 0 Å². The van der Waals surface area contributed by atoms with Crippen LogP contribution in [0.3, 0.4) is 0 Å². The SMILES string of the molecule is Cc1ccccc1-c1cc(-c2ccccc2)c2c3c(sc2n1)CCCC3. The van der Waals surface area contributed by atoms with E-state index in [0.29, 0.717) is 0 Å². The van der Waals surface area contributed by atoms with E-state index in [1.807, 2.05) is 11.3 Å².